The summed E-state index contributed by atoms with van der Waals surface area (Å²) < 4.78 is 11.2. The number of ether oxygens (including phenoxy) is 2. The summed E-state index contributed by atoms with van der Waals surface area (Å²) in [5.41, 5.74) is 3.25. The Hall–Kier alpha value is -2.75. The molecule has 2 aromatic carbocycles. The third-order valence-corrected chi connectivity index (χ3v) is 3.61. The standard InChI is InChI=1S/C19H19NO3/c1-3-22-14-10-9-13(18(12-14)23-4-2)11-16-15-7-5-6-8-17(15)20-19(16)21/h5-12H,3-4H2,1-2H3,(H,20,21)/b16-11-. The highest BCUT2D eigenvalue weighted by Gasteiger charge is 2.23. The summed E-state index contributed by atoms with van der Waals surface area (Å²) in [6.07, 6.45) is 1.86. The van der Waals surface area contributed by atoms with Gasteiger partial charge in [0.1, 0.15) is 11.5 Å². The lowest BCUT2D eigenvalue weighted by atomic mass is 10.0. The predicted molar refractivity (Wildman–Crippen MR) is 91.7 cm³/mol. The summed E-state index contributed by atoms with van der Waals surface area (Å²) in [5, 5.41) is 2.88. The summed E-state index contributed by atoms with van der Waals surface area (Å²) >= 11 is 0. The van der Waals surface area contributed by atoms with Crippen LogP contribution in [0.5, 0.6) is 11.5 Å². The van der Waals surface area contributed by atoms with E-state index >= 15 is 0 Å². The van der Waals surface area contributed by atoms with Crippen molar-refractivity contribution in [1.29, 1.82) is 0 Å². The zero-order chi connectivity index (χ0) is 16.2. The number of fused-ring (bicyclic) bond motifs is 1. The molecule has 0 bridgehead atoms. The molecule has 4 heteroatoms. The Bertz CT molecular complexity index is 765. The fraction of sp³-hybridized carbons (Fsp3) is 0.211. The van der Waals surface area contributed by atoms with Gasteiger partial charge in [0, 0.05) is 28.5 Å². The van der Waals surface area contributed by atoms with Gasteiger partial charge in [-0.2, -0.15) is 0 Å². The first kappa shape index (κ1) is 15.2. The largest absolute Gasteiger partial charge is 0.494 e. The number of anilines is 1. The van der Waals surface area contributed by atoms with E-state index in [2.05, 4.69) is 5.32 Å². The van der Waals surface area contributed by atoms with Crippen molar-refractivity contribution in [3.8, 4) is 11.5 Å². The molecule has 1 aliphatic rings. The average Bonchev–Trinajstić information content (AvgIpc) is 2.86. The maximum atomic E-state index is 12.2. The number of carbonyl (C=O) groups is 1. The summed E-state index contributed by atoms with van der Waals surface area (Å²) in [6, 6.07) is 13.3. The Morgan fingerprint density at radius 2 is 1.83 bits per heavy atom. The van der Waals surface area contributed by atoms with Gasteiger partial charge in [0.2, 0.25) is 0 Å². The van der Waals surface area contributed by atoms with E-state index in [9.17, 15) is 4.79 Å². The van der Waals surface area contributed by atoms with Crippen LogP contribution >= 0.6 is 0 Å². The second-order valence-corrected chi connectivity index (χ2v) is 5.12. The van der Waals surface area contributed by atoms with E-state index in [-0.39, 0.29) is 5.91 Å². The summed E-state index contributed by atoms with van der Waals surface area (Å²) in [5.74, 6) is 1.38. The zero-order valence-electron chi connectivity index (χ0n) is 13.3. The molecule has 1 amide bonds. The molecule has 2 aromatic rings. The van der Waals surface area contributed by atoms with Crippen molar-refractivity contribution in [3.63, 3.8) is 0 Å². The number of benzene rings is 2. The van der Waals surface area contributed by atoms with Gasteiger partial charge in [-0.3, -0.25) is 4.79 Å². The molecule has 0 spiro atoms. The summed E-state index contributed by atoms with van der Waals surface area (Å²) in [6.45, 7) is 5.02. The van der Waals surface area contributed by atoms with Crippen LogP contribution in [0.15, 0.2) is 42.5 Å². The molecule has 1 heterocycles. The van der Waals surface area contributed by atoms with Crippen LogP contribution in [-0.4, -0.2) is 19.1 Å². The minimum absolute atomic E-state index is 0.0949. The molecule has 118 valence electrons. The normalized spacial score (nSPS) is 14.5. The molecule has 0 saturated carbocycles. The van der Waals surface area contributed by atoms with Crippen molar-refractivity contribution in [1.82, 2.24) is 0 Å². The number of hydrogen-bond donors (Lipinski definition) is 1. The van der Waals surface area contributed by atoms with Crippen molar-refractivity contribution < 1.29 is 14.3 Å². The second-order valence-electron chi connectivity index (χ2n) is 5.12. The van der Waals surface area contributed by atoms with Gasteiger partial charge in [-0.1, -0.05) is 18.2 Å². The molecule has 1 aliphatic heterocycles. The van der Waals surface area contributed by atoms with Crippen molar-refractivity contribution in [2.24, 2.45) is 0 Å². The fourth-order valence-corrected chi connectivity index (χ4v) is 2.61. The highest BCUT2D eigenvalue weighted by molar-refractivity contribution is 6.35. The van der Waals surface area contributed by atoms with E-state index in [0.29, 0.717) is 24.5 Å². The first-order valence-electron chi connectivity index (χ1n) is 7.75. The van der Waals surface area contributed by atoms with Crippen LogP contribution in [0.25, 0.3) is 11.6 Å². The first-order valence-corrected chi connectivity index (χ1v) is 7.75. The van der Waals surface area contributed by atoms with Gasteiger partial charge in [-0.05, 0) is 38.1 Å². The van der Waals surface area contributed by atoms with Crippen molar-refractivity contribution in [2.75, 3.05) is 18.5 Å². The van der Waals surface area contributed by atoms with Crippen LogP contribution in [0.4, 0.5) is 5.69 Å². The Labute approximate surface area is 135 Å². The van der Waals surface area contributed by atoms with Gasteiger partial charge in [-0.25, -0.2) is 0 Å². The van der Waals surface area contributed by atoms with E-state index in [1.807, 2.05) is 62.4 Å². The van der Waals surface area contributed by atoms with Gasteiger partial charge >= 0.3 is 0 Å². The monoisotopic (exact) mass is 309 g/mol. The maximum Gasteiger partial charge on any atom is 0.256 e. The SMILES string of the molecule is CCOc1ccc(/C=C2\C(=O)Nc3ccccc32)c(OCC)c1. The molecular weight excluding hydrogens is 290 g/mol. The average molecular weight is 309 g/mol. The fourth-order valence-electron chi connectivity index (χ4n) is 2.61. The van der Waals surface area contributed by atoms with Crippen molar-refractivity contribution >= 4 is 23.2 Å². The Morgan fingerprint density at radius 3 is 2.61 bits per heavy atom. The molecule has 0 atom stereocenters. The zero-order valence-corrected chi connectivity index (χ0v) is 13.3. The highest BCUT2D eigenvalue weighted by atomic mass is 16.5. The molecule has 1 N–H and O–H groups in total. The topological polar surface area (TPSA) is 47.6 Å². The molecule has 3 rings (SSSR count). The number of rotatable bonds is 5. The van der Waals surface area contributed by atoms with Gasteiger partial charge in [0.05, 0.1) is 13.2 Å². The van der Waals surface area contributed by atoms with Crippen molar-refractivity contribution in [2.45, 2.75) is 13.8 Å². The smallest absolute Gasteiger partial charge is 0.256 e. The molecule has 4 nitrogen and oxygen atoms in total. The highest BCUT2D eigenvalue weighted by Crippen LogP contribution is 2.35. The number of para-hydroxylation sites is 1. The van der Waals surface area contributed by atoms with E-state index in [1.165, 1.54) is 0 Å². The molecule has 23 heavy (non-hydrogen) atoms. The summed E-state index contributed by atoms with van der Waals surface area (Å²) in [7, 11) is 0. The minimum atomic E-state index is -0.0949. The number of nitrogens with one attached hydrogen (secondary N) is 1. The van der Waals surface area contributed by atoms with Gasteiger partial charge in [0.25, 0.3) is 5.91 Å². The Kier molecular flexibility index (Phi) is 4.33. The lowest BCUT2D eigenvalue weighted by Crippen LogP contribution is -2.04. The molecule has 0 aromatic heterocycles. The van der Waals surface area contributed by atoms with Crippen LogP contribution in [0.2, 0.25) is 0 Å². The lowest BCUT2D eigenvalue weighted by Gasteiger charge is -2.11. The van der Waals surface area contributed by atoms with Gasteiger partial charge in [0.15, 0.2) is 0 Å². The van der Waals surface area contributed by atoms with E-state index < -0.39 is 0 Å². The molecule has 0 fully saturated rings. The Balaban J connectivity index is 2.03. The van der Waals surface area contributed by atoms with Crippen LogP contribution in [0.1, 0.15) is 25.0 Å². The van der Waals surface area contributed by atoms with Gasteiger partial charge < -0.3 is 14.8 Å². The van der Waals surface area contributed by atoms with Crippen LogP contribution in [0, 0.1) is 0 Å². The lowest BCUT2D eigenvalue weighted by molar-refractivity contribution is -0.110. The Morgan fingerprint density at radius 1 is 1.04 bits per heavy atom. The predicted octanol–water partition coefficient (Wildman–Crippen LogP) is 3.98. The van der Waals surface area contributed by atoms with E-state index in [4.69, 9.17) is 9.47 Å². The van der Waals surface area contributed by atoms with E-state index in [1.54, 1.807) is 0 Å². The first-order chi connectivity index (χ1) is 11.2. The van der Waals surface area contributed by atoms with Gasteiger partial charge in [-0.15, -0.1) is 0 Å². The quantitative estimate of drug-likeness (QED) is 0.850. The number of amides is 1. The van der Waals surface area contributed by atoms with E-state index in [0.717, 1.165) is 22.6 Å². The molecular formula is C19H19NO3. The maximum absolute atomic E-state index is 12.2. The van der Waals surface area contributed by atoms with Crippen LogP contribution in [-0.2, 0) is 4.79 Å². The van der Waals surface area contributed by atoms with Crippen LogP contribution in [0.3, 0.4) is 0 Å². The molecule has 0 saturated heterocycles. The third-order valence-electron chi connectivity index (χ3n) is 3.61. The third kappa shape index (κ3) is 3.06. The van der Waals surface area contributed by atoms with Crippen LogP contribution < -0.4 is 14.8 Å². The second kappa shape index (κ2) is 6.57. The minimum Gasteiger partial charge on any atom is -0.494 e. The molecule has 0 unspecified atom stereocenters. The molecule has 0 radical (unpaired) electrons. The number of hydrogen-bond acceptors (Lipinski definition) is 3. The summed E-state index contributed by atoms with van der Waals surface area (Å²) in [4.78, 5) is 12.2. The number of carbonyl (C=O) groups excluding carboxylic acids is 1. The van der Waals surface area contributed by atoms with Crippen molar-refractivity contribution in [3.05, 3.63) is 53.6 Å². The molecule has 0 aliphatic carbocycles.